The summed E-state index contributed by atoms with van der Waals surface area (Å²) < 4.78 is 34.0. The zero-order chi connectivity index (χ0) is 23.8. The van der Waals surface area contributed by atoms with Gasteiger partial charge in [0, 0.05) is 19.0 Å². The summed E-state index contributed by atoms with van der Waals surface area (Å²) in [7, 11) is 0. The van der Waals surface area contributed by atoms with Crippen molar-refractivity contribution in [2.75, 3.05) is 26.2 Å². The molecule has 7 nitrogen and oxygen atoms in total. The number of carboxylic acids is 1. The first kappa shape index (κ1) is 22.7. The van der Waals surface area contributed by atoms with Crippen LogP contribution >= 0.6 is 0 Å². The normalized spacial score (nSPS) is 19.7. The van der Waals surface area contributed by atoms with E-state index in [4.69, 9.17) is 9.84 Å². The Balaban J connectivity index is 1.33. The minimum absolute atomic E-state index is 0.0384. The molecule has 2 atom stereocenters. The van der Waals surface area contributed by atoms with Gasteiger partial charge in [-0.15, -0.1) is 0 Å². The fraction of sp³-hybridized carbons (Fsp3) is 0.375. The molecule has 1 fully saturated rings. The highest BCUT2D eigenvalue weighted by atomic mass is 19.3. The van der Waals surface area contributed by atoms with E-state index in [1.165, 1.54) is 0 Å². The zero-order valence-corrected chi connectivity index (χ0v) is 18.0. The predicted octanol–water partition coefficient (Wildman–Crippen LogP) is 3.34. The molecule has 1 aliphatic heterocycles. The number of likely N-dealkylation sites (tertiary alicyclic amines) is 1. The molecule has 0 radical (unpaired) electrons. The van der Waals surface area contributed by atoms with E-state index in [0.29, 0.717) is 0 Å². The molecular formula is C24H24F2N2O5. The molecule has 2 aromatic rings. The highest BCUT2D eigenvalue weighted by Crippen LogP contribution is 2.44. The van der Waals surface area contributed by atoms with Crippen molar-refractivity contribution in [3.63, 3.8) is 0 Å². The third-order valence-corrected chi connectivity index (χ3v) is 6.33. The van der Waals surface area contributed by atoms with E-state index in [9.17, 15) is 23.2 Å². The summed E-state index contributed by atoms with van der Waals surface area (Å²) in [5.41, 5.74) is 4.06. The molecule has 2 aromatic carbocycles. The summed E-state index contributed by atoms with van der Waals surface area (Å²) >= 11 is 0. The number of aliphatic carboxylic acids is 1. The monoisotopic (exact) mass is 458 g/mol. The number of hydrogen-bond donors (Lipinski definition) is 2. The molecule has 0 spiro atoms. The smallest absolute Gasteiger partial charge is 0.407 e. The van der Waals surface area contributed by atoms with Crippen LogP contribution in [0.4, 0.5) is 13.6 Å². The average Bonchev–Trinajstić information content (AvgIpc) is 3.34. The molecule has 1 aliphatic carbocycles. The number of alkyl carbamates (subject to hydrolysis) is 1. The van der Waals surface area contributed by atoms with Gasteiger partial charge in [0.05, 0.1) is 12.5 Å². The molecule has 0 bridgehead atoms. The van der Waals surface area contributed by atoms with E-state index < -0.39 is 42.3 Å². The predicted molar refractivity (Wildman–Crippen MR) is 115 cm³/mol. The van der Waals surface area contributed by atoms with Crippen molar-refractivity contribution in [1.82, 2.24) is 10.2 Å². The Morgan fingerprint density at radius 1 is 1.06 bits per heavy atom. The van der Waals surface area contributed by atoms with E-state index in [1.807, 2.05) is 53.8 Å². The van der Waals surface area contributed by atoms with Gasteiger partial charge in [-0.25, -0.2) is 4.79 Å². The number of hydrogen-bond acceptors (Lipinski definition) is 4. The van der Waals surface area contributed by atoms with Gasteiger partial charge in [-0.1, -0.05) is 55.5 Å². The largest absolute Gasteiger partial charge is 0.481 e. The SMILES string of the molecule is CC1CN(C(=O)C(F)(F)CNC(=O)OCC2c3ccccc3-c3ccccc32)CC1C(=O)O. The molecule has 2 aliphatic rings. The first-order chi connectivity index (χ1) is 15.7. The number of amides is 2. The number of carboxylic acid groups (broad SMARTS) is 1. The molecule has 0 saturated carbocycles. The highest BCUT2D eigenvalue weighted by Gasteiger charge is 2.47. The highest BCUT2D eigenvalue weighted by molar-refractivity contribution is 5.86. The summed E-state index contributed by atoms with van der Waals surface area (Å²) in [5.74, 6) is -8.05. The van der Waals surface area contributed by atoms with Gasteiger partial charge in [-0.2, -0.15) is 8.78 Å². The number of carbonyl (C=O) groups is 3. The van der Waals surface area contributed by atoms with Crippen molar-refractivity contribution < 1.29 is 33.0 Å². The lowest BCUT2D eigenvalue weighted by molar-refractivity contribution is -0.156. The summed E-state index contributed by atoms with van der Waals surface area (Å²) in [5, 5.41) is 11.1. The van der Waals surface area contributed by atoms with E-state index in [1.54, 1.807) is 6.92 Å². The van der Waals surface area contributed by atoms with Gasteiger partial charge in [-0.3, -0.25) is 9.59 Å². The fourth-order valence-corrected chi connectivity index (χ4v) is 4.59. The standard InChI is InChI=1S/C24H24F2N2O5/c1-14-10-28(11-19(14)21(29)30)22(31)24(25,26)13-27-23(32)33-12-20-17-8-4-2-6-15(17)16-7-3-5-9-18(16)20/h2-9,14,19-20H,10-13H2,1H3,(H,27,32)(H,29,30). The summed E-state index contributed by atoms with van der Waals surface area (Å²) in [6.45, 7) is -0.0280. The maximum Gasteiger partial charge on any atom is 0.407 e. The maximum atomic E-state index is 14.4. The molecule has 0 aromatic heterocycles. The van der Waals surface area contributed by atoms with E-state index >= 15 is 0 Å². The van der Waals surface area contributed by atoms with Crippen LogP contribution in [-0.4, -0.2) is 60.1 Å². The third-order valence-electron chi connectivity index (χ3n) is 6.33. The Hall–Kier alpha value is -3.49. The number of nitrogens with zero attached hydrogens (tertiary/aromatic N) is 1. The molecule has 4 rings (SSSR count). The number of nitrogens with one attached hydrogen (secondary N) is 1. The van der Waals surface area contributed by atoms with Crippen LogP contribution < -0.4 is 5.32 Å². The van der Waals surface area contributed by atoms with Crippen LogP contribution in [0.1, 0.15) is 24.0 Å². The zero-order valence-electron chi connectivity index (χ0n) is 18.0. The fourth-order valence-electron chi connectivity index (χ4n) is 4.59. The Kier molecular flexibility index (Phi) is 6.05. The van der Waals surface area contributed by atoms with Crippen LogP contribution in [0.25, 0.3) is 11.1 Å². The summed E-state index contributed by atoms with van der Waals surface area (Å²) in [6.07, 6.45) is -1.05. The van der Waals surface area contributed by atoms with Crippen LogP contribution in [0.15, 0.2) is 48.5 Å². The van der Waals surface area contributed by atoms with Gasteiger partial charge in [0.1, 0.15) is 6.61 Å². The molecule has 1 saturated heterocycles. The van der Waals surface area contributed by atoms with Crippen LogP contribution in [0.2, 0.25) is 0 Å². The number of carbonyl (C=O) groups excluding carboxylic acids is 2. The molecule has 174 valence electrons. The average molecular weight is 458 g/mol. The lowest BCUT2D eigenvalue weighted by Crippen LogP contribution is -2.49. The van der Waals surface area contributed by atoms with Gasteiger partial charge in [0.25, 0.3) is 5.91 Å². The molecule has 2 amide bonds. The minimum atomic E-state index is -3.88. The van der Waals surface area contributed by atoms with Gasteiger partial charge in [0.15, 0.2) is 0 Å². The van der Waals surface area contributed by atoms with Gasteiger partial charge in [-0.05, 0) is 28.2 Å². The number of benzene rings is 2. The van der Waals surface area contributed by atoms with Crippen molar-refractivity contribution in [3.8, 4) is 11.1 Å². The Bertz CT molecular complexity index is 1040. The minimum Gasteiger partial charge on any atom is -0.481 e. The molecule has 2 unspecified atom stereocenters. The van der Waals surface area contributed by atoms with Crippen molar-refractivity contribution in [2.45, 2.75) is 18.8 Å². The molecule has 33 heavy (non-hydrogen) atoms. The summed E-state index contributed by atoms with van der Waals surface area (Å²) in [6, 6.07) is 15.5. The Morgan fingerprint density at radius 3 is 2.18 bits per heavy atom. The van der Waals surface area contributed by atoms with Crippen molar-refractivity contribution in [2.24, 2.45) is 11.8 Å². The van der Waals surface area contributed by atoms with Crippen LogP contribution in [0, 0.1) is 11.8 Å². The molecular weight excluding hydrogens is 434 g/mol. The first-order valence-corrected chi connectivity index (χ1v) is 10.7. The number of rotatable bonds is 6. The van der Waals surface area contributed by atoms with Crippen LogP contribution in [0.5, 0.6) is 0 Å². The van der Waals surface area contributed by atoms with E-state index in [2.05, 4.69) is 0 Å². The Labute approximate surface area is 189 Å². The quantitative estimate of drug-likeness (QED) is 0.692. The number of halogens is 2. The van der Waals surface area contributed by atoms with Crippen molar-refractivity contribution >= 4 is 18.0 Å². The van der Waals surface area contributed by atoms with E-state index in [-0.39, 0.29) is 25.6 Å². The van der Waals surface area contributed by atoms with Crippen molar-refractivity contribution in [3.05, 3.63) is 59.7 Å². The number of ether oxygens (including phenoxy) is 1. The second-order valence-electron chi connectivity index (χ2n) is 8.52. The second-order valence-corrected chi connectivity index (χ2v) is 8.52. The van der Waals surface area contributed by atoms with Crippen molar-refractivity contribution in [1.29, 1.82) is 0 Å². The van der Waals surface area contributed by atoms with E-state index in [0.717, 1.165) is 27.2 Å². The molecule has 9 heteroatoms. The Morgan fingerprint density at radius 2 is 1.64 bits per heavy atom. The lowest BCUT2D eigenvalue weighted by Gasteiger charge is -2.23. The van der Waals surface area contributed by atoms with Gasteiger partial charge in [0.2, 0.25) is 0 Å². The first-order valence-electron chi connectivity index (χ1n) is 10.7. The topological polar surface area (TPSA) is 95.9 Å². The van der Waals surface area contributed by atoms with Crippen LogP contribution in [-0.2, 0) is 14.3 Å². The number of fused-ring (bicyclic) bond motifs is 3. The van der Waals surface area contributed by atoms with Gasteiger partial charge >= 0.3 is 18.0 Å². The van der Waals surface area contributed by atoms with Gasteiger partial charge < -0.3 is 20.1 Å². The third kappa shape index (κ3) is 4.40. The number of alkyl halides is 2. The second kappa shape index (κ2) is 8.80. The lowest BCUT2D eigenvalue weighted by atomic mass is 9.98. The maximum absolute atomic E-state index is 14.4. The van der Waals surface area contributed by atoms with Crippen LogP contribution in [0.3, 0.4) is 0 Å². The molecule has 1 heterocycles. The summed E-state index contributed by atoms with van der Waals surface area (Å²) in [4.78, 5) is 36.4. The molecule has 2 N–H and O–H groups in total.